The number of nitrogens with zero attached hydrogens (tertiary/aromatic N) is 1. The number of carbonyl (C=O) groups is 1. The second-order valence-corrected chi connectivity index (χ2v) is 5.76. The summed E-state index contributed by atoms with van der Waals surface area (Å²) in [5.74, 6) is 0.484. The van der Waals surface area contributed by atoms with Gasteiger partial charge in [0.05, 0.1) is 12.5 Å². The van der Waals surface area contributed by atoms with E-state index in [1.165, 1.54) is 0 Å². The minimum absolute atomic E-state index is 0.360. The van der Waals surface area contributed by atoms with Crippen LogP contribution in [0.5, 0.6) is 5.75 Å². The quantitative estimate of drug-likeness (QED) is 0.933. The molecule has 1 aromatic heterocycles. The van der Waals surface area contributed by atoms with E-state index in [0.29, 0.717) is 42.0 Å². The first-order valence-electron chi connectivity index (χ1n) is 7.30. The van der Waals surface area contributed by atoms with Crippen LogP contribution in [0.3, 0.4) is 0 Å². The first-order chi connectivity index (χ1) is 10.1. The molecule has 1 aliphatic rings. The number of oxazole rings is 1. The fraction of sp³-hybridized carbons (Fsp3) is 0.500. The van der Waals surface area contributed by atoms with Crippen LogP contribution in [-0.2, 0) is 11.2 Å². The van der Waals surface area contributed by atoms with Crippen molar-refractivity contribution in [2.75, 3.05) is 7.11 Å². The van der Waals surface area contributed by atoms with Gasteiger partial charge in [-0.05, 0) is 25.0 Å². The van der Waals surface area contributed by atoms with Crippen LogP contribution in [0.4, 0.5) is 0 Å². The molecule has 1 heterocycles. The van der Waals surface area contributed by atoms with Crippen LogP contribution in [-0.4, -0.2) is 23.2 Å². The van der Waals surface area contributed by atoms with Gasteiger partial charge in [-0.25, -0.2) is 4.98 Å². The number of carboxylic acid groups (broad SMARTS) is 1. The zero-order valence-corrected chi connectivity index (χ0v) is 12.1. The summed E-state index contributed by atoms with van der Waals surface area (Å²) in [5.41, 5.74) is 0.659. The SMILES string of the molecule is COc1ccc2oc(CC3(C(=O)O)CCCCC3)nc2c1. The zero-order valence-electron chi connectivity index (χ0n) is 12.1. The fourth-order valence-corrected chi connectivity index (χ4v) is 3.14. The molecule has 0 atom stereocenters. The number of aromatic nitrogens is 1. The molecule has 0 spiro atoms. The Balaban J connectivity index is 1.90. The van der Waals surface area contributed by atoms with Gasteiger partial charge < -0.3 is 14.3 Å². The van der Waals surface area contributed by atoms with E-state index in [1.54, 1.807) is 19.2 Å². The highest BCUT2D eigenvalue weighted by molar-refractivity contribution is 5.76. The molecule has 5 heteroatoms. The Labute approximate surface area is 122 Å². The van der Waals surface area contributed by atoms with Crippen LogP contribution in [0.1, 0.15) is 38.0 Å². The summed E-state index contributed by atoms with van der Waals surface area (Å²) in [4.78, 5) is 16.1. The summed E-state index contributed by atoms with van der Waals surface area (Å²) < 4.78 is 10.9. The Bertz CT molecular complexity index is 655. The minimum atomic E-state index is -0.734. The number of methoxy groups -OCH3 is 1. The number of ether oxygens (including phenoxy) is 1. The number of carboxylic acids is 1. The Morgan fingerprint density at radius 2 is 2.14 bits per heavy atom. The highest BCUT2D eigenvalue weighted by Crippen LogP contribution is 2.40. The van der Waals surface area contributed by atoms with Gasteiger partial charge in [-0.15, -0.1) is 0 Å². The van der Waals surface area contributed by atoms with Gasteiger partial charge in [0.2, 0.25) is 0 Å². The fourth-order valence-electron chi connectivity index (χ4n) is 3.14. The van der Waals surface area contributed by atoms with Gasteiger partial charge in [-0.2, -0.15) is 0 Å². The zero-order chi connectivity index (χ0) is 14.9. The van der Waals surface area contributed by atoms with Crippen LogP contribution in [0, 0.1) is 5.41 Å². The van der Waals surface area contributed by atoms with Gasteiger partial charge in [-0.1, -0.05) is 19.3 Å². The summed E-state index contributed by atoms with van der Waals surface area (Å²) >= 11 is 0. The van der Waals surface area contributed by atoms with E-state index in [-0.39, 0.29) is 0 Å². The van der Waals surface area contributed by atoms with Crippen LogP contribution in [0.15, 0.2) is 22.6 Å². The van der Waals surface area contributed by atoms with Crippen molar-refractivity contribution in [2.45, 2.75) is 38.5 Å². The molecule has 1 saturated carbocycles. The van der Waals surface area contributed by atoms with Gasteiger partial charge in [0, 0.05) is 12.5 Å². The summed E-state index contributed by atoms with van der Waals surface area (Å²) in [6, 6.07) is 5.42. The Morgan fingerprint density at radius 3 is 2.81 bits per heavy atom. The topological polar surface area (TPSA) is 72.6 Å². The van der Waals surface area contributed by atoms with Crippen molar-refractivity contribution in [3.8, 4) is 5.75 Å². The second-order valence-electron chi connectivity index (χ2n) is 5.76. The molecular weight excluding hydrogens is 270 g/mol. The molecule has 3 rings (SSSR count). The molecule has 2 aromatic rings. The van der Waals surface area contributed by atoms with Crippen LogP contribution in [0.25, 0.3) is 11.1 Å². The summed E-state index contributed by atoms with van der Waals surface area (Å²) in [7, 11) is 1.60. The van der Waals surface area contributed by atoms with E-state index in [2.05, 4.69) is 4.98 Å². The van der Waals surface area contributed by atoms with Crippen molar-refractivity contribution in [3.05, 3.63) is 24.1 Å². The monoisotopic (exact) mass is 289 g/mol. The number of hydrogen-bond acceptors (Lipinski definition) is 4. The van der Waals surface area contributed by atoms with Crippen LogP contribution >= 0.6 is 0 Å². The molecule has 112 valence electrons. The van der Waals surface area contributed by atoms with Gasteiger partial charge in [0.15, 0.2) is 11.5 Å². The van der Waals surface area contributed by atoms with Crippen LogP contribution < -0.4 is 4.74 Å². The van der Waals surface area contributed by atoms with E-state index in [1.807, 2.05) is 6.07 Å². The summed E-state index contributed by atoms with van der Waals surface area (Å²) in [6.45, 7) is 0. The van der Waals surface area contributed by atoms with Crippen molar-refractivity contribution in [1.29, 1.82) is 0 Å². The third-order valence-corrected chi connectivity index (χ3v) is 4.39. The minimum Gasteiger partial charge on any atom is -0.497 e. The van der Waals surface area contributed by atoms with Crippen molar-refractivity contribution < 1.29 is 19.1 Å². The first-order valence-corrected chi connectivity index (χ1v) is 7.30. The summed E-state index contributed by atoms with van der Waals surface area (Å²) in [6.07, 6.45) is 4.79. The molecule has 0 unspecified atom stereocenters. The van der Waals surface area contributed by atoms with Gasteiger partial charge >= 0.3 is 5.97 Å². The van der Waals surface area contributed by atoms with E-state index >= 15 is 0 Å². The smallest absolute Gasteiger partial charge is 0.310 e. The normalized spacial score (nSPS) is 17.8. The van der Waals surface area contributed by atoms with E-state index in [9.17, 15) is 9.90 Å². The number of rotatable bonds is 4. The van der Waals surface area contributed by atoms with Gasteiger partial charge in [0.1, 0.15) is 11.3 Å². The van der Waals surface area contributed by atoms with Gasteiger partial charge in [0.25, 0.3) is 0 Å². The predicted molar refractivity (Wildman–Crippen MR) is 77.4 cm³/mol. The Morgan fingerprint density at radius 1 is 1.38 bits per heavy atom. The maximum Gasteiger partial charge on any atom is 0.310 e. The van der Waals surface area contributed by atoms with Gasteiger partial charge in [-0.3, -0.25) is 4.79 Å². The lowest BCUT2D eigenvalue weighted by atomic mass is 9.72. The average molecular weight is 289 g/mol. The molecule has 21 heavy (non-hydrogen) atoms. The molecular formula is C16H19NO4. The highest BCUT2D eigenvalue weighted by Gasteiger charge is 2.41. The number of fused-ring (bicyclic) bond motifs is 1. The lowest BCUT2D eigenvalue weighted by Crippen LogP contribution is -2.35. The Hall–Kier alpha value is -2.04. The van der Waals surface area contributed by atoms with E-state index < -0.39 is 11.4 Å². The highest BCUT2D eigenvalue weighted by atomic mass is 16.5. The van der Waals surface area contributed by atoms with Crippen LogP contribution in [0.2, 0.25) is 0 Å². The van der Waals surface area contributed by atoms with Crippen molar-refractivity contribution >= 4 is 17.1 Å². The molecule has 1 fully saturated rings. The average Bonchev–Trinajstić information content (AvgIpc) is 2.88. The largest absolute Gasteiger partial charge is 0.497 e. The van der Waals surface area contributed by atoms with Crippen molar-refractivity contribution in [1.82, 2.24) is 4.98 Å². The van der Waals surface area contributed by atoms with E-state index in [4.69, 9.17) is 9.15 Å². The number of hydrogen-bond donors (Lipinski definition) is 1. The van der Waals surface area contributed by atoms with Crippen molar-refractivity contribution in [3.63, 3.8) is 0 Å². The molecule has 1 N–H and O–H groups in total. The molecule has 0 bridgehead atoms. The van der Waals surface area contributed by atoms with Crippen molar-refractivity contribution in [2.24, 2.45) is 5.41 Å². The third-order valence-electron chi connectivity index (χ3n) is 4.39. The molecule has 5 nitrogen and oxygen atoms in total. The Kier molecular flexibility index (Phi) is 3.57. The third kappa shape index (κ3) is 2.60. The number of aliphatic carboxylic acids is 1. The lowest BCUT2D eigenvalue weighted by Gasteiger charge is -2.31. The standard InChI is InChI=1S/C16H19NO4/c1-20-11-5-6-13-12(9-11)17-14(21-13)10-16(15(18)19)7-3-2-4-8-16/h5-6,9H,2-4,7-8,10H2,1H3,(H,18,19). The molecule has 1 aliphatic carbocycles. The number of benzene rings is 1. The van der Waals surface area contributed by atoms with E-state index in [0.717, 1.165) is 19.3 Å². The molecule has 0 saturated heterocycles. The molecule has 0 radical (unpaired) electrons. The summed E-state index contributed by atoms with van der Waals surface area (Å²) in [5, 5.41) is 9.62. The lowest BCUT2D eigenvalue weighted by molar-refractivity contribution is -0.151. The maximum absolute atomic E-state index is 11.7. The predicted octanol–water partition coefficient (Wildman–Crippen LogP) is 3.41. The second kappa shape index (κ2) is 5.39. The molecule has 1 aromatic carbocycles. The first kappa shape index (κ1) is 13.9. The molecule has 0 aliphatic heterocycles. The maximum atomic E-state index is 11.7. The molecule has 0 amide bonds.